The number of carbonyl (C=O) groups excluding carboxylic acids is 2. The first kappa shape index (κ1) is 25.0. The third-order valence-electron chi connectivity index (χ3n) is 5.82. The van der Waals surface area contributed by atoms with Gasteiger partial charge in [0.25, 0.3) is 11.8 Å². The second kappa shape index (κ2) is 9.67. The predicted molar refractivity (Wildman–Crippen MR) is 136 cm³/mol. The van der Waals surface area contributed by atoms with Crippen molar-refractivity contribution >= 4 is 35.1 Å². The smallest absolute Gasteiger partial charge is 0.355 e. The van der Waals surface area contributed by atoms with Crippen molar-refractivity contribution in [2.24, 2.45) is 0 Å². The normalized spacial score (nSPS) is 11.5. The molecular weight excluding hydrogens is 521 g/mol. The monoisotopic (exact) mass is 538 g/mol. The van der Waals surface area contributed by atoms with E-state index in [0.717, 1.165) is 22.4 Å². The zero-order valence-corrected chi connectivity index (χ0v) is 20.4. The second-order valence-electron chi connectivity index (χ2n) is 8.20. The molecule has 3 aromatic heterocycles. The van der Waals surface area contributed by atoms with E-state index in [-0.39, 0.29) is 28.5 Å². The number of hydrogen-bond acceptors (Lipinski definition) is 4. The highest BCUT2D eigenvalue weighted by Crippen LogP contribution is 2.37. The Kier molecular flexibility index (Phi) is 6.37. The fourth-order valence-corrected chi connectivity index (χ4v) is 4.15. The largest absolute Gasteiger partial charge is 0.417 e. The van der Waals surface area contributed by atoms with Crippen LogP contribution in [0.25, 0.3) is 28.2 Å². The summed E-state index contributed by atoms with van der Waals surface area (Å²) in [4.78, 5) is 30.1. The molecule has 2 amide bonds. The fourth-order valence-electron chi connectivity index (χ4n) is 4.02. The molecule has 3 heterocycles. The number of imidazole rings is 1. The molecule has 0 aliphatic rings. The summed E-state index contributed by atoms with van der Waals surface area (Å²) >= 11 is 5.76. The van der Waals surface area contributed by atoms with Gasteiger partial charge in [-0.05, 0) is 36.4 Å². The van der Waals surface area contributed by atoms with Gasteiger partial charge < -0.3 is 10.6 Å². The molecule has 0 radical (unpaired) electrons. The number of anilines is 1. The molecule has 0 aliphatic carbocycles. The van der Waals surface area contributed by atoms with Gasteiger partial charge in [0.2, 0.25) is 0 Å². The molecule has 192 valence electrons. The Morgan fingerprint density at radius 2 is 1.66 bits per heavy atom. The van der Waals surface area contributed by atoms with Crippen molar-refractivity contribution < 1.29 is 22.8 Å². The highest BCUT2D eigenvalue weighted by Gasteiger charge is 2.35. The Morgan fingerprint density at radius 3 is 2.32 bits per heavy atom. The number of aromatic nitrogens is 4. The van der Waals surface area contributed by atoms with Crippen LogP contribution in [0.5, 0.6) is 0 Å². The van der Waals surface area contributed by atoms with Gasteiger partial charge >= 0.3 is 6.18 Å². The number of halogens is 4. The Labute approximate surface area is 218 Å². The zero-order valence-electron chi connectivity index (χ0n) is 19.6. The van der Waals surface area contributed by atoms with Crippen LogP contribution < -0.4 is 10.6 Å². The molecule has 0 saturated carbocycles. The van der Waals surface area contributed by atoms with Crippen molar-refractivity contribution in [3.8, 4) is 22.5 Å². The molecule has 38 heavy (non-hydrogen) atoms. The van der Waals surface area contributed by atoms with Crippen LogP contribution in [-0.2, 0) is 6.18 Å². The summed E-state index contributed by atoms with van der Waals surface area (Å²) in [5.74, 6) is -0.690. The average Bonchev–Trinajstić information content (AvgIpc) is 3.51. The number of alkyl halides is 3. The van der Waals surface area contributed by atoms with Gasteiger partial charge in [-0.15, -0.1) is 0 Å². The maximum atomic E-state index is 13.7. The van der Waals surface area contributed by atoms with Gasteiger partial charge in [-0.1, -0.05) is 30.3 Å². The number of benzene rings is 2. The van der Waals surface area contributed by atoms with Crippen LogP contribution in [0.4, 0.5) is 19.0 Å². The summed E-state index contributed by atoms with van der Waals surface area (Å²) < 4.78 is 43.6. The molecular formula is C26H18ClF3N6O2. The minimum atomic E-state index is -4.68. The van der Waals surface area contributed by atoms with E-state index in [9.17, 15) is 22.8 Å². The molecule has 2 aromatic carbocycles. The van der Waals surface area contributed by atoms with Gasteiger partial charge in [-0.3, -0.25) is 14.0 Å². The lowest BCUT2D eigenvalue weighted by Crippen LogP contribution is -2.18. The van der Waals surface area contributed by atoms with E-state index in [2.05, 4.69) is 20.7 Å². The number of nitrogens with zero attached hydrogens (tertiary/aromatic N) is 4. The van der Waals surface area contributed by atoms with Gasteiger partial charge in [0.05, 0.1) is 11.3 Å². The number of hydrogen-bond donors (Lipinski definition) is 2. The summed E-state index contributed by atoms with van der Waals surface area (Å²) in [5.41, 5.74) is 0.549. The van der Waals surface area contributed by atoms with E-state index < -0.39 is 17.6 Å². The summed E-state index contributed by atoms with van der Waals surface area (Å²) in [5, 5.41) is 9.19. The Bertz CT molecular complexity index is 1680. The first-order valence-corrected chi connectivity index (χ1v) is 11.5. The van der Waals surface area contributed by atoms with Crippen molar-refractivity contribution in [3.63, 3.8) is 0 Å². The maximum Gasteiger partial charge on any atom is 0.417 e. The average molecular weight is 539 g/mol. The highest BCUT2D eigenvalue weighted by molar-refractivity contribution is 6.14. The molecule has 12 heteroatoms. The Balaban J connectivity index is 1.60. The standard InChI is InChI=1S/C26H18ClF3N6O2/c1-31-24(37)17-9-11-35-21(14-17)32-22(15-5-3-2-4-6-15)23(35)33-25(38)16-7-8-19(26(28,29)30)18(13-16)20-10-12-36(27)34-20/h2-14H,1H3,(H,31,37)(H,33,38). The summed E-state index contributed by atoms with van der Waals surface area (Å²) in [7, 11) is 1.51. The number of pyridine rings is 1. The van der Waals surface area contributed by atoms with Crippen LogP contribution >= 0.6 is 11.8 Å². The molecule has 0 saturated heterocycles. The van der Waals surface area contributed by atoms with Crippen molar-refractivity contribution in [3.05, 3.63) is 95.8 Å². The number of fused-ring (bicyclic) bond motifs is 1. The number of rotatable bonds is 5. The molecule has 0 atom stereocenters. The first-order chi connectivity index (χ1) is 18.2. The molecule has 0 bridgehead atoms. The lowest BCUT2D eigenvalue weighted by Gasteiger charge is -2.14. The minimum absolute atomic E-state index is 0.0342. The van der Waals surface area contributed by atoms with Gasteiger partial charge in [0, 0.05) is 53.5 Å². The van der Waals surface area contributed by atoms with E-state index in [0.29, 0.717) is 22.5 Å². The Morgan fingerprint density at radius 1 is 0.921 bits per heavy atom. The van der Waals surface area contributed by atoms with Crippen LogP contribution in [0.2, 0.25) is 0 Å². The number of nitrogens with one attached hydrogen (secondary N) is 2. The van der Waals surface area contributed by atoms with Crippen LogP contribution in [0.15, 0.2) is 79.1 Å². The Hall–Kier alpha value is -4.64. The van der Waals surface area contributed by atoms with Gasteiger partial charge in [-0.25, -0.2) is 4.98 Å². The summed E-state index contributed by atoms with van der Waals surface area (Å²) in [6.07, 6.45) is -1.80. The van der Waals surface area contributed by atoms with E-state index >= 15 is 0 Å². The van der Waals surface area contributed by atoms with Crippen LogP contribution in [0.1, 0.15) is 26.3 Å². The van der Waals surface area contributed by atoms with E-state index in [1.54, 1.807) is 47.0 Å². The summed E-state index contributed by atoms with van der Waals surface area (Å²) in [6, 6.07) is 16.5. The molecule has 5 rings (SSSR count). The molecule has 0 spiro atoms. The second-order valence-corrected chi connectivity index (χ2v) is 8.55. The number of amides is 2. The van der Waals surface area contributed by atoms with Crippen molar-refractivity contribution in [1.29, 1.82) is 0 Å². The van der Waals surface area contributed by atoms with E-state index in [4.69, 9.17) is 11.8 Å². The topological polar surface area (TPSA) is 93.3 Å². The molecule has 0 aliphatic heterocycles. The first-order valence-electron chi connectivity index (χ1n) is 11.2. The zero-order chi connectivity index (χ0) is 27.0. The minimum Gasteiger partial charge on any atom is -0.355 e. The van der Waals surface area contributed by atoms with Gasteiger partial charge in [0.1, 0.15) is 17.2 Å². The van der Waals surface area contributed by atoms with Gasteiger partial charge in [-0.2, -0.15) is 22.5 Å². The van der Waals surface area contributed by atoms with Crippen LogP contribution in [0.3, 0.4) is 0 Å². The third kappa shape index (κ3) is 4.71. The highest BCUT2D eigenvalue weighted by atomic mass is 35.5. The molecule has 5 aromatic rings. The fraction of sp³-hybridized carbons (Fsp3) is 0.0769. The molecule has 0 fully saturated rings. The van der Waals surface area contributed by atoms with Crippen molar-refractivity contribution in [1.82, 2.24) is 24.0 Å². The van der Waals surface area contributed by atoms with Crippen LogP contribution in [-0.4, -0.2) is 37.5 Å². The quantitative estimate of drug-likeness (QED) is 0.309. The predicted octanol–water partition coefficient (Wildman–Crippen LogP) is 5.50. The van der Waals surface area contributed by atoms with Gasteiger partial charge in [0.15, 0.2) is 0 Å². The molecule has 2 N–H and O–H groups in total. The lowest BCUT2D eigenvalue weighted by molar-refractivity contribution is -0.137. The molecule has 0 unspecified atom stereocenters. The summed E-state index contributed by atoms with van der Waals surface area (Å²) in [6.45, 7) is 0. The number of carbonyl (C=O) groups is 2. The molecule has 8 nitrogen and oxygen atoms in total. The maximum absolute atomic E-state index is 13.7. The lowest BCUT2D eigenvalue weighted by atomic mass is 10.0. The van der Waals surface area contributed by atoms with E-state index in [1.165, 1.54) is 19.3 Å². The SMILES string of the molecule is CNC(=O)c1ccn2c(NC(=O)c3ccc(C(F)(F)F)c(-c4ccn(Cl)n4)c3)c(-c3ccccc3)nc2c1. The van der Waals surface area contributed by atoms with Crippen molar-refractivity contribution in [2.45, 2.75) is 6.18 Å². The van der Waals surface area contributed by atoms with E-state index in [1.807, 2.05) is 6.07 Å². The third-order valence-corrected chi connectivity index (χ3v) is 6.00. The van der Waals surface area contributed by atoms with Crippen LogP contribution in [0, 0.1) is 0 Å². The van der Waals surface area contributed by atoms with Crippen molar-refractivity contribution in [2.75, 3.05) is 12.4 Å².